The summed E-state index contributed by atoms with van der Waals surface area (Å²) in [6.45, 7) is 3.31. The van der Waals surface area contributed by atoms with Gasteiger partial charge in [-0.15, -0.1) is 0 Å². The van der Waals surface area contributed by atoms with Gasteiger partial charge in [-0.25, -0.2) is 0 Å². The van der Waals surface area contributed by atoms with Gasteiger partial charge in [0.05, 0.1) is 22.7 Å². The minimum atomic E-state index is 0.692. The van der Waals surface area contributed by atoms with E-state index in [2.05, 4.69) is 22.5 Å². The van der Waals surface area contributed by atoms with Gasteiger partial charge >= 0.3 is 0 Å². The SMILES string of the molecule is CC1CCC(Cn2c(=S)[nH]c3ccc(C#N)cc32)CC1. The molecule has 3 rings (SSSR count). The van der Waals surface area contributed by atoms with Gasteiger partial charge in [0, 0.05) is 6.54 Å². The number of nitriles is 1. The summed E-state index contributed by atoms with van der Waals surface area (Å²) in [6.07, 6.45) is 5.22. The number of hydrogen-bond donors (Lipinski definition) is 1. The molecule has 1 aromatic heterocycles. The molecule has 0 radical (unpaired) electrons. The molecule has 104 valence electrons. The molecule has 0 bridgehead atoms. The van der Waals surface area contributed by atoms with E-state index in [1.807, 2.05) is 18.2 Å². The molecule has 0 unspecified atom stereocenters. The molecule has 0 aliphatic heterocycles. The standard InChI is InChI=1S/C16H19N3S/c1-11-2-4-12(5-3-11)10-19-15-8-13(9-17)6-7-14(15)18-16(19)20/h6-8,11-12H,2-5,10H2,1H3,(H,18,20). The summed E-state index contributed by atoms with van der Waals surface area (Å²) in [6, 6.07) is 7.92. The highest BCUT2D eigenvalue weighted by Gasteiger charge is 2.19. The fourth-order valence-corrected chi connectivity index (χ4v) is 3.46. The Morgan fingerprint density at radius 1 is 1.35 bits per heavy atom. The molecule has 1 N–H and O–H groups in total. The lowest BCUT2D eigenvalue weighted by molar-refractivity contribution is 0.266. The molecule has 4 heteroatoms. The number of fused-ring (bicyclic) bond motifs is 1. The zero-order valence-electron chi connectivity index (χ0n) is 11.7. The highest BCUT2D eigenvalue weighted by molar-refractivity contribution is 7.71. The van der Waals surface area contributed by atoms with Crippen LogP contribution in [0.3, 0.4) is 0 Å². The van der Waals surface area contributed by atoms with Crippen molar-refractivity contribution < 1.29 is 0 Å². The fraction of sp³-hybridized carbons (Fsp3) is 0.500. The highest BCUT2D eigenvalue weighted by atomic mass is 32.1. The van der Waals surface area contributed by atoms with Crippen LogP contribution in [-0.4, -0.2) is 9.55 Å². The smallest absolute Gasteiger partial charge is 0.178 e. The maximum absolute atomic E-state index is 9.05. The van der Waals surface area contributed by atoms with Gasteiger partial charge in [0.2, 0.25) is 0 Å². The number of rotatable bonds is 2. The quantitative estimate of drug-likeness (QED) is 0.831. The van der Waals surface area contributed by atoms with E-state index in [0.29, 0.717) is 11.5 Å². The Hall–Kier alpha value is -1.60. The predicted octanol–water partition coefficient (Wildman–Crippen LogP) is 4.40. The summed E-state index contributed by atoms with van der Waals surface area (Å²) in [7, 11) is 0. The van der Waals surface area contributed by atoms with Gasteiger partial charge in [0.15, 0.2) is 4.77 Å². The van der Waals surface area contributed by atoms with Crippen LogP contribution < -0.4 is 0 Å². The normalized spacial score (nSPS) is 22.8. The lowest BCUT2D eigenvalue weighted by Gasteiger charge is -2.26. The molecule has 0 spiro atoms. The Morgan fingerprint density at radius 3 is 2.80 bits per heavy atom. The summed E-state index contributed by atoms with van der Waals surface area (Å²) in [4.78, 5) is 3.25. The van der Waals surface area contributed by atoms with Crippen LogP contribution in [0.1, 0.15) is 38.2 Å². The number of aromatic nitrogens is 2. The predicted molar refractivity (Wildman–Crippen MR) is 83.0 cm³/mol. The lowest BCUT2D eigenvalue weighted by atomic mass is 9.83. The van der Waals surface area contributed by atoms with E-state index in [0.717, 1.165) is 28.3 Å². The molecular formula is C16H19N3S. The average Bonchev–Trinajstić information content (AvgIpc) is 2.77. The van der Waals surface area contributed by atoms with Gasteiger partial charge in [-0.3, -0.25) is 0 Å². The first-order chi connectivity index (χ1) is 9.67. The molecule has 1 aliphatic carbocycles. The summed E-state index contributed by atoms with van der Waals surface area (Å²) >= 11 is 5.45. The minimum Gasteiger partial charge on any atom is -0.331 e. The van der Waals surface area contributed by atoms with Crippen molar-refractivity contribution in [1.29, 1.82) is 5.26 Å². The Kier molecular flexibility index (Phi) is 3.62. The van der Waals surface area contributed by atoms with Crippen LogP contribution in [0.5, 0.6) is 0 Å². The van der Waals surface area contributed by atoms with E-state index in [1.165, 1.54) is 25.7 Å². The molecule has 0 saturated heterocycles. The van der Waals surface area contributed by atoms with Crippen LogP contribution >= 0.6 is 12.2 Å². The maximum Gasteiger partial charge on any atom is 0.178 e. The van der Waals surface area contributed by atoms with E-state index in [1.54, 1.807) is 0 Å². The molecule has 1 saturated carbocycles. The molecule has 1 aromatic carbocycles. The van der Waals surface area contributed by atoms with Gasteiger partial charge < -0.3 is 9.55 Å². The van der Waals surface area contributed by atoms with Gasteiger partial charge in [-0.05, 0) is 55.1 Å². The number of aromatic amines is 1. The third kappa shape index (κ3) is 2.51. The first kappa shape index (κ1) is 13.4. The van der Waals surface area contributed by atoms with Gasteiger partial charge in [0.25, 0.3) is 0 Å². The van der Waals surface area contributed by atoms with E-state index in [-0.39, 0.29) is 0 Å². The summed E-state index contributed by atoms with van der Waals surface area (Å²) < 4.78 is 2.94. The topological polar surface area (TPSA) is 44.5 Å². The lowest BCUT2D eigenvalue weighted by Crippen LogP contribution is -2.17. The van der Waals surface area contributed by atoms with E-state index < -0.39 is 0 Å². The highest BCUT2D eigenvalue weighted by Crippen LogP contribution is 2.30. The average molecular weight is 285 g/mol. The number of hydrogen-bond acceptors (Lipinski definition) is 2. The molecule has 0 atom stereocenters. The Morgan fingerprint density at radius 2 is 2.10 bits per heavy atom. The first-order valence-electron chi connectivity index (χ1n) is 7.30. The van der Waals surface area contributed by atoms with Crippen LogP contribution in [0.4, 0.5) is 0 Å². The molecule has 1 fully saturated rings. The van der Waals surface area contributed by atoms with Crippen molar-refractivity contribution in [3.8, 4) is 6.07 Å². The summed E-state index contributed by atoms with van der Waals surface area (Å²) in [5.41, 5.74) is 2.78. The Labute approximate surface area is 124 Å². The molecule has 20 heavy (non-hydrogen) atoms. The van der Waals surface area contributed by atoms with Crippen LogP contribution in [0.15, 0.2) is 18.2 Å². The Bertz CT molecular complexity index is 711. The second-order valence-electron chi connectivity index (χ2n) is 6.01. The van der Waals surface area contributed by atoms with Crippen molar-refractivity contribution in [3.63, 3.8) is 0 Å². The second kappa shape index (κ2) is 5.41. The van der Waals surface area contributed by atoms with Crippen LogP contribution in [0.25, 0.3) is 11.0 Å². The summed E-state index contributed by atoms with van der Waals surface area (Å²) in [5, 5.41) is 9.05. The zero-order valence-corrected chi connectivity index (χ0v) is 12.5. The van der Waals surface area contributed by atoms with Crippen LogP contribution in [0.2, 0.25) is 0 Å². The molecule has 3 nitrogen and oxygen atoms in total. The van der Waals surface area contributed by atoms with Crippen molar-refractivity contribution in [2.45, 2.75) is 39.2 Å². The third-order valence-corrected chi connectivity index (χ3v) is 4.80. The van der Waals surface area contributed by atoms with Crippen molar-refractivity contribution in [1.82, 2.24) is 9.55 Å². The largest absolute Gasteiger partial charge is 0.331 e. The maximum atomic E-state index is 9.05. The van der Waals surface area contributed by atoms with Crippen LogP contribution in [0, 0.1) is 27.9 Å². The second-order valence-corrected chi connectivity index (χ2v) is 6.40. The molecular weight excluding hydrogens is 266 g/mol. The van der Waals surface area contributed by atoms with Crippen LogP contribution in [-0.2, 0) is 6.54 Å². The Balaban J connectivity index is 1.92. The van der Waals surface area contributed by atoms with Crippen molar-refractivity contribution in [2.75, 3.05) is 0 Å². The molecule has 1 aliphatic rings. The number of imidazole rings is 1. The van der Waals surface area contributed by atoms with E-state index in [4.69, 9.17) is 17.5 Å². The number of H-pyrrole nitrogens is 1. The summed E-state index contributed by atoms with van der Waals surface area (Å²) in [5.74, 6) is 1.58. The molecule has 1 heterocycles. The van der Waals surface area contributed by atoms with Gasteiger partial charge in [-0.2, -0.15) is 5.26 Å². The fourth-order valence-electron chi connectivity index (χ4n) is 3.17. The first-order valence-corrected chi connectivity index (χ1v) is 7.71. The molecule has 0 amide bonds. The minimum absolute atomic E-state index is 0.692. The van der Waals surface area contributed by atoms with Crippen molar-refractivity contribution in [3.05, 3.63) is 28.5 Å². The van der Waals surface area contributed by atoms with E-state index >= 15 is 0 Å². The van der Waals surface area contributed by atoms with Crippen molar-refractivity contribution >= 4 is 23.3 Å². The number of nitrogens with zero attached hydrogens (tertiary/aromatic N) is 2. The van der Waals surface area contributed by atoms with Gasteiger partial charge in [0.1, 0.15) is 0 Å². The third-order valence-electron chi connectivity index (χ3n) is 4.48. The number of benzene rings is 1. The van der Waals surface area contributed by atoms with Crippen molar-refractivity contribution in [2.24, 2.45) is 11.8 Å². The number of nitrogens with one attached hydrogen (secondary N) is 1. The molecule has 2 aromatic rings. The zero-order chi connectivity index (χ0) is 14.1. The van der Waals surface area contributed by atoms with E-state index in [9.17, 15) is 0 Å². The monoisotopic (exact) mass is 285 g/mol. The van der Waals surface area contributed by atoms with Gasteiger partial charge in [-0.1, -0.05) is 19.8 Å².